The number of carbonyl (C=O) groups is 2. The van der Waals surface area contributed by atoms with Crippen LogP contribution in [0.3, 0.4) is 0 Å². The highest BCUT2D eigenvalue weighted by atomic mass is 16.3. The molecule has 132 valence electrons. The molecule has 0 radical (unpaired) electrons. The van der Waals surface area contributed by atoms with E-state index in [1.165, 1.54) is 6.26 Å². The number of benzene rings is 1. The molecule has 1 fully saturated rings. The second-order valence-electron chi connectivity index (χ2n) is 6.34. The topological polar surface area (TPSA) is 88.6 Å². The van der Waals surface area contributed by atoms with E-state index >= 15 is 0 Å². The maximum absolute atomic E-state index is 12.9. The fourth-order valence-corrected chi connectivity index (χ4v) is 3.16. The summed E-state index contributed by atoms with van der Waals surface area (Å²) < 4.78 is 5.11. The fraction of sp³-hybridized carbons (Fsp3) is 0.368. The molecular formula is C19H23N3O3. The van der Waals surface area contributed by atoms with Crippen molar-refractivity contribution in [1.82, 2.24) is 4.90 Å². The van der Waals surface area contributed by atoms with Crippen LogP contribution in [0.15, 0.2) is 41.0 Å². The van der Waals surface area contributed by atoms with Crippen molar-refractivity contribution >= 4 is 17.5 Å². The Morgan fingerprint density at radius 1 is 1.32 bits per heavy atom. The molecule has 1 atom stereocenters. The molecule has 1 aromatic heterocycles. The number of anilines is 1. The largest absolute Gasteiger partial charge is 0.459 e. The highest BCUT2D eigenvalue weighted by Gasteiger charge is 2.26. The van der Waals surface area contributed by atoms with Crippen LogP contribution in [0.5, 0.6) is 0 Å². The second-order valence-corrected chi connectivity index (χ2v) is 6.34. The zero-order valence-corrected chi connectivity index (χ0v) is 14.3. The minimum Gasteiger partial charge on any atom is -0.459 e. The first-order valence-corrected chi connectivity index (χ1v) is 8.56. The molecule has 1 unspecified atom stereocenters. The van der Waals surface area contributed by atoms with Crippen LogP contribution in [0.4, 0.5) is 5.69 Å². The van der Waals surface area contributed by atoms with Crippen LogP contribution < -0.4 is 11.1 Å². The smallest absolute Gasteiger partial charge is 0.291 e. The van der Waals surface area contributed by atoms with E-state index in [2.05, 4.69) is 5.32 Å². The van der Waals surface area contributed by atoms with Gasteiger partial charge in [0.05, 0.1) is 6.26 Å². The first-order valence-electron chi connectivity index (χ1n) is 8.56. The zero-order valence-electron chi connectivity index (χ0n) is 14.3. The molecular weight excluding hydrogens is 318 g/mol. The zero-order chi connectivity index (χ0) is 17.8. The molecule has 2 aromatic rings. The van der Waals surface area contributed by atoms with E-state index in [1.807, 2.05) is 17.9 Å². The van der Waals surface area contributed by atoms with Crippen LogP contribution in [-0.2, 0) is 0 Å². The highest BCUT2D eigenvalue weighted by molar-refractivity contribution is 6.04. The monoisotopic (exact) mass is 341 g/mol. The van der Waals surface area contributed by atoms with E-state index in [0.717, 1.165) is 31.4 Å². The van der Waals surface area contributed by atoms with Gasteiger partial charge in [0.15, 0.2) is 5.76 Å². The van der Waals surface area contributed by atoms with Gasteiger partial charge in [0.1, 0.15) is 0 Å². The number of carbonyl (C=O) groups excluding carboxylic acids is 2. The number of nitrogens with two attached hydrogens (primary N) is 1. The fourth-order valence-electron chi connectivity index (χ4n) is 3.16. The SMILES string of the molecule is Cc1ccc(C(=O)N2CCCCC2CN)cc1NC(=O)c1ccco1. The van der Waals surface area contributed by atoms with Crippen molar-refractivity contribution in [2.24, 2.45) is 5.73 Å². The lowest BCUT2D eigenvalue weighted by molar-refractivity contribution is 0.0623. The van der Waals surface area contributed by atoms with E-state index in [1.54, 1.807) is 24.3 Å². The summed E-state index contributed by atoms with van der Waals surface area (Å²) in [5.74, 6) is -0.144. The predicted octanol–water partition coefficient (Wildman–Crippen LogP) is 2.79. The molecule has 0 bridgehead atoms. The minimum absolute atomic E-state index is 0.0383. The van der Waals surface area contributed by atoms with Crippen molar-refractivity contribution in [3.05, 3.63) is 53.5 Å². The number of hydrogen-bond acceptors (Lipinski definition) is 4. The molecule has 1 aliphatic heterocycles. The van der Waals surface area contributed by atoms with E-state index in [-0.39, 0.29) is 23.6 Å². The van der Waals surface area contributed by atoms with E-state index < -0.39 is 0 Å². The lowest BCUT2D eigenvalue weighted by Crippen LogP contribution is -2.47. The molecule has 0 spiro atoms. The van der Waals surface area contributed by atoms with Crippen molar-refractivity contribution in [3.8, 4) is 0 Å². The molecule has 6 nitrogen and oxygen atoms in total. The average molecular weight is 341 g/mol. The number of hydrogen-bond donors (Lipinski definition) is 2. The Labute approximate surface area is 147 Å². The molecule has 3 rings (SSSR count). The maximum Gasteiger partial charge on any atom is 0.291 e. The third-order valence-corrected chi connectivity index (χ3v) is 4.64. The van der Waals surface area contributed by atoms with Gasteiger partial charge in [-0.25, -0.2) is 0 Å². The first-order chi connectivity index (χ1) is 12.1. The van der Waals surface area contributed by atoms with Gasteiger partial charge < -0.3 is 20.4 Å². The highest BCUT2D eigenvalue weighted by Crippen LogP contribution is 2.23. The van der Waals surface area contributed by atoms with Crippen LogP contribution in [0.2, 0.25) is 0 Å². The van der Waals surface area contributed by atoms with Gasteiger partial charge in [-0.1, -0.05) is 6.07 Å². The summed E-state index contributed by atoms with van der Waals surface area (Å²) in [6.07, 6.45) is 4.49. The lowest BCUT2D eigenvalue weighted by Gasteiger charge is -2.35. The van der Waals surface area contributed by atoms with Crippen LogP contribution in [0.1, 0.15) is 45.7 Å². The molecule has 1 saturated heterocycles. The summed E-state index contributed by atoms with van der Waals surface area (Å²) in [7, 11) is 0. The van der Waals surface area contributed by atoms with E-state index in [0.29, 0.717) is 17.8 Å². The van der Waals surface area contributed by atoms with Crippen molar-refractivity contribution in [3.63, 3.8) is 0 Å². The number of furan rings is 1. The van der Waals surface area contributed by atoms with Gasteiger partial charge in [0, 0.05) is 30.4 Å². The molecule has 1 aliphatic rings. The van der Waals surface area contributed by atoms with Crippen molar-refractivity contribution in [2.45, 2.75) is 32.2 Å². The number of nitrogens with zero attached hydrogens (tertiary/aromatic N) is 1. The van der Waals surface area contributed by atoms with Gasteiger partial charge in [0.25, 0.3) is 11.8 Å². The number of amides is 2. The van der Waals surface area contributed by atoms with Crippen molar-refractivity contribution in [1.29, 1.82) is 0 Å². The summed E-state index contributed by atoms with van der Waals surface area (Å²) in [6, 6.07) is 8.70. The van der Waals surface area contributed by atoms with Gasteiger partial charge in [0.2, 0.25) is 0 Å². The Hall–Kier alpha value is -2.60. The molecule has 0 aliphatic carbocycles. The van der Waals surface area contributed by atoms with E-state index in [9.17, 15) is 9.59 Å². The Kier molecular flexibility index (Phi) is 5.19. The number of aryl methyl sites for hydroxylation is 1. The van der Waals surface area contributed by atoms with Gasteiger partial charge in [-0.05, 0) is 56.0 Å². The summed E-state index contributed by atoms with van der Waals surface area (Å²) in [4.78, 5) is 26.9. The third-order valence-electron chi connectivity index (χ3n) is 4.64. The Morgan fingerprint density at radius 2 is 2.16 bits per heavy atom. The normalized spacial score (nSPS) is 17.4. The number of likely N-dealkylation sites (tertiary alicyclic amines) is 1. The van der Waals surface area contributed by atoms with Gasteiger partial charge in [-0.3, -0.25) is 9.59 Å². The Bertz CT molecular complexity index is 755. The molecule has 25 heavy (non-hydrogen) atoms. The van der Waals surface area contributed by atoms with Gasteiger partial charge >= 0.3 is 0 Å². The lowest BCUT2D eigenvalue weighted by atomic mass is 10.00. The van der Waals surface area contributed by atoms with E-state index in [4.69, 9.17) is 10.2 Å². The predicted molar refractivity (Wildman–Crippen MR) is 95.6 cm³/mol. The molecule has 2 amide bonds. The standard InChI is InChI=1S/C19H23N3O3/c1-13-7-8-14(19(24)22-9-3-2-5-15(22)12-20)11-16(13)21-18(23)17-6-4-10-25-17/h4,6-8,10-11,15H,2-3,5,9,12,20H2,1H3,(H,21,23). The maximum atomic E-state index is 12.9. The first kappa shape index (κ1) is 17.2. The minimum atomic E-state index is -0.337. The molecule has 0 saturated carbocycles. The van der Waals surface area contributed by atoms with Crippen molar-refractivity contribution < 1.29 is 14.0 Å². The Balaban J connectivity index is 1.81. The van der Waals surface area contributed by atoms with Gasteiger partial charge in [-0.15, -0.1) is 0 Å². The van der Waals surface area contributed by atoms with Crippen LogP contribution in [-0.4, -0.2) is 35.8 Å². The molecule has 3 N–H and O–H groups in total. The van der Waals surface area contributed by atoms with Crippen LogP contribution in [0.25, 0.3) is 0 Å². The quantitative estimate of drug-likeness (QED) is 0.895. The molecule has 1 aromatic carbocycles. The molecule has 2 heterocycles. The van der Waals surface area contributed by atoms with Gasteiger partial charge in [-0.2, -0.15) is 0 Å². The summed E-state index contributed by atoms with van der Waals surface area (Å²) in [6.45, 7) is 3.08. The molecule has 6 heteroatoms. The van der Waals surface area contributed by atoms with Crippen molar-refractivity contribution in [2.75, 3.05) is 18.4 Å². The number of nitrogens with one attached hydrogen (secondary N) is 1. The third kappa shape index (κ3) is 3.74. The average Bonchev–Trinajstić information content (AvgIpc) is 3.17. The number of rotatable bonds is 4. The number of piperidine rings is 1. The summed E-state index contributed by atoms with van der Waals surface area (Å²) in [5, 5.41) is 2.81. The van der Waals surface area contributed by atoms with Crippen LogP contribution >= 0.6 is 0 Å². The summed E-state index contributed by atoms with van der Waals surface area (Å²) in [5.41, 5.74) is 7.86. The Morgan fingerprint density at radius 3 is 2.88 bits per heavy atom. The van der Waals surface area contributed by atoms with Crippen LogP contribution in [0, 0.1) is 6.92 Å². The second kappa shape index (κ2) is 7.53. The summed E-state index contributed by atoms with van der Waals surface area (Å²) >= 11 is 0.